The largest absolute Gasteiger partial charge is 0.366 e. The first-order chi connectivity index (χ1) is 8.27. The lowest BCUT2D eigenvalue weighted by atomic mass is 10.1. The van der Waals surface area contributed by atoms with Crippen LogP contribution in [0.2, 0.25) is 0 Å². The average molecular weight is 271 g/mol. The summed E-state index contributed by atoms with van der Waals surface area (Å²) in [5.74, 6) is -0.656. The summed E-state index contributed by atoms with van der Waals surface area (Å²) in [6.45, 7) is 3.53. The van der Waals surface area contributed by atoms with Gasteiger partial charge in [0, 0.05) is 18.2 Å². The minimum Gasteiger partial charge on any atom is -0.366 e. The van der Waals surface area contributed by atoms with Gasteiger partial charge in [-0.1, -0.05) is 6.07 Å². The summed E-state index contributed by atoms with van der Waals surface area (Å²) in [6, 6.07) is 3.85. The molecule has 0 spiro atoms. The summed E-state index contributed by atoms with van der Waals surface area (Å²) in [7, 11) is -3.68. The van der Waals surface area contributed by atoms with Crippen LogP contribution in [0.3, 0.4) is 0 Å². The molecule has 0 saturated carbocycles. The fourth-order valence-corrected chi connectivity index (χ4v) is 2.70. The van der Waals surface area contributed by atoms with Crippen molar-refractivity contribution in [3.63, 3.8) is 0 Å². The molecule has 18 heavy (non-hydrogen) atoms. The highest BCUT2D eigenvalue weighted by Crippen LogP contribution is 2.15. The zero-order valence-corrected chi connectivity index (χ0v) is 11.1. The zero-order valence-electron chi connectivity index (χ0n) is 10.3. The molecule has 100 valence electrons. The van der Waals surface area contributed by atoms with E-state index in [-0.39, 0.29) is 23.0 Å². The van der Waals surface area contributed by atoms with E-state index in [0.717, 1.165) is 0 Å². The molecular formula is C11H17N3O3S. The van der Waals surface area contributed by atoms with Gasteiger partial charge in [-0.05, 0) is 31.5 Å². The van der Waals surface area contributed by atoms with Gasteiger partial charge in [0.05, 0.1) is 4.90 Å². The lowest BCUT2D eigenvalue weighted by Gasteiger charge is -2.13. The predicted molar refractivity (Wildman–Crippen MR) is 68.5 cm³/mol. The molecule has 0 aliphatic heterocycles. The second kappa shape index (κ2) is 5.47. The Bertz CT molecular complexity index is 555. The fraction of sp³-hybridized carbons (Fsp3) is 0.364. The quantitative estimate of drug-likeness (QED) is 0.683. The van der Waals surface area contributed by atoms with Gasteiger partial charge in [-0.3, -0.25) is 4.79 Å². The molecule has 1 unspecified atom stereocenters. The summed E-state index contributed by atoms with van der Waals surface area (Å²) >= 11 is 0. The van der Waals surface area contributed by atoms with Crippen molar-refractivity contribution in [3.05, 3.63) is 29.3 Å². The molecule has 1 aromatic rings. The number of amides is 1. The Hall–Kier alpha value is -1.44. The molecule has 0 aliphatic rings. The van der Waals surface area contributed by atoms with Gasteiger partial charge in [0.2, 0.25) is 15.9 Å². The Morgan fingerprint density at radius 3 is 2.56 bits per heavy atom. The van der Waals surface area contributed by atoms with Crippen molar-refractivity contribution < 1.29 is 13.2 Å². The molecular weight excluding hydrogens is 254 g/mol. The Morgan fingerprint density at radius 1 is 1.44 bits per heavy atom. The van der Waals surface area contributed by atoms with Crippen LogP contribution in [0, 0.1) is 6.92 Å². The minimum absolute atomic E-state index is 0.00204. The molecule has 1 rings (SSSR count). The number of nitrogens with two attached hydrogens (primary N) is 2. The maximum Gasteiger partial charge on any atom is 0.249 e. The van der Waals surface area contributed by atoms with Gasteiger partial charge < -0.3 is 11.5 Å². The average Bonchev–Trinajstić information content (AvgIpc) is 2.28. The highest BCUT2D eigenvalue weighted by molar-refractivity contribution is 7.89. The van der Waals surface area contributed by atoms with Crippen molar-refractivity contribution in [2.45, 2.75) is 24.8 Å². The number of carbonyl (C=O) groups is 1. The second-order valence-corrected chi connectivity index (χ2v) is 5.81. The van der Waals surface area contributed by atoms with Gasteiger partial charge in [0.25, 0.3) is 0 Å². The zero-order chi connectivity index (χ0) is 13.9. The smallest absolute Gasteiger partial charge is 0.249 e. The predicted octanol–water partition coefficient (Wildman–Crippen LogP) is -0.281. The normalized spacial score (nSPS) is 13.3. The number of nitrogens with one attached hydrogen (secondary N) is 1. The van der Waals surface area contributed by atoms with E-state index >= 15 is 0 Å². The van der Waals surface area contributed by atoms with Crippen LogP contribution in [0.1, 0.15) is 22.8 Å². The monoisotopic (exact) mass is 271 g/mol. The summed E-state index contributed by atoms with van der Waals surface area (Å²) < 4.78 is 26.3. The van der Waals surface area contributed by atoms with E-state index < -0.39 is 15.9 Å². The number of benzene rings is 1. The number of carbonyl (C=O) groups excluding carboxylic acids is 1. The van der Waals surface area contributed by atoms with Gasteiger partial charge in [-0.15, -0.1) is 0 Å². The third kappa shape index (κ3) is 3.28. The van der Waals surface area contributed by atoms with E-state index in [1.165, 1.54) is 12.1 Å². The van der Waals surface area contributed by atoms with E-state index in [9.17, 15) is 13.2 Å². The molecule has 1 aromatic carbocycles. The standard InChI is InChI=1S/C11H17N3O3S/c1-7-3-4-9(5-10(7)11(13)15)18(16,17)14-8(2)6-12/h3-5,8,14H,6,12H2,1-2H3,(H2,13,15). The summed E-state index contributed by atoms with van der Waals surface area (Å²) in [6.07, 6.45) is 0. The van der Waals surface area contributed by atoms with Crippen molar-refractivity contribution in [1.29, 1.82) is 0 Å². The highest BCUT2D eigenvalue weighted by atomic mass is 32.2. The fourth-order valence-electron chi connectivity index (χ4n) is 1.41. The Kier molecular flexibility index (Phi) is 4.44. The number of hydrogen-bond donors (Lipinski definition) is 3. The molecule has 7 heteroatoms. The van der Waals surface area contributed by atoms with Crippen LogP contribution < -0.4 is 16.2 Å². The van der Waals surface area contributed by atoms with Crippen LogP contribution in [0.15, 0.2) is 23.1 Å². The number of primary amides is 1. The van der Waals surface area contributed by atoms with Gasteiger partial charge in [-0.25, -0.2) is 13.1 Å². The van der Waals surface area contributed by atoms with Crippen LogP contribution >= 0.6 is 0 Å². The Morgan fingerprint density at radius 2 is 2.06 bits per heavy atom. The first kappa shape index (κ1) is 14.6. The van der Waals surface area contributed by atoms with Gasteiger partial charge in [0.1, 0.15) is 0 Å². The second-order valence-electron chi connectivity index (χ2n) is 4.10. The summed E-state index contributed by atoms with van der Waals surface area (Å²) in [5, 5.41) is 0. The SMILES string of the molecule is Cc1ccc(S(=O)(=O)NC(C)CN)cc1C(N)=O. The number of sulfonamides is 1. The number of rotatable bonds is 5. The molecule has 0 aliphatic carbocycles. The molecule has 5 N–H and O–H groups in total. The topological polar surface area (TPSA) is 115 Å². The molecule has 0 bridgehead atoms. The van der Waals surface area contributed by atoms with Gasteiger partial charge in [-0.2, -0.15) is 0 Å². The maximum absolute atomic E-state index is 12.0. The third-order valence-corrected chi connectivity index (χ3v) is 4.08. The molecule has 1 atom stereocenters. The molecule has 0 radical (unpaired) electrons. The van der Waals surface area contributed by atoms with Crippen molar-refractivity contribution in [3.8, 4) is 0 Å². The molecule has 0 fully saturated rings. The first-order valence-corrected chi connectivity index (χ1v) is 6.89. The van der Waals surface area contributed by atoms with Crippen LogP contribution in [0.25, 0.3) is 0 Å². The van der Waals surface area contributed by atoms with Crippen molar-refractivity contribution in [2.75, 3.05) is 6.54 Å². The minimum atomic E-state index is -3.68. The molecule has 0 aromatic heterocycles. The van der Waals surface area contributed by atoms with Crippen molar-refractivity contribution in [2.24, 2.45) is 11.5 Å². The van der Waals surface area contributed by atoms with Crippen molar-refractivity contribution in [1.82, 2.24) is 4.72 Å². The van der Waals surface area contributed by atoms with E-state index in [2.05, 4.69) is 4.72 Å². The van der Waals surface area contributed by atoms with Gasteiger partial charge >= 0.3 is 0 Å². The van der Waals surface area contributed by atoms with Crippen molar-refractivity contribution >= 4 is 15.9 Å². The van der Waals surface area contributed by atoms with E-state index in [0.29, 0.717) is 5.56 Å². The van der Waals surface area contributed by atoms with E-state index in [1.807, 2.05) is 0 Å². The van der Waals surface area contributed by atoms with Gasteiger partial charge in [0.15, 0.2) is 0 Å². The number of hydrogen-bond acceptors (Lipinski definition) is 4. The Labute approximate surface area is 106 Å². The number of aryl methyl sites for hydroxylation is 1. The van der Waals surface area contributed by atoms with Crippen LogP contribution in [-0.2, 0) is 10.0 Å². The summed E-state index contributed by atoms with van der Waals surface area (Å²) in [4.78, 5) is 11.2. The maximum atomic E-state index is 12.0. The van der Waals surface area contributed by atoms with Crippen LogP contribution in [0.5, 0.6) is 0 Å². The lowest BCUT2D eigenvalue weighted by Crippen LogP contribution is -2.37. The Balaban J connectivity index is 3.18. The molecule has 0 heterocycles. The molecule has 1 amide bonds. The third-order valence-electron chi connectivity index (χ3n) is 2.49. The van der Waals surface area contributed by atoms with E-state index in [1.54, 1.807) is 19.9 Å². The lowest BCUT2D eigenvalue weighted by molar-refractivity contribution is 0.0999. The van der Waals surface area contributed by atoms with Crippen LogP contribution in [0.4, 0.5) is 0 Å². The first-order valence-electron chi connectivity index (χ1n) is 5.40. The molecule has 6 nitrogen and oxygen atoms in total. The van der Waals surface area contributed by atoms with E-state index in [4.69, 9.17) is 11.5 Å². The highest BCUT2D eigenvalue weighted by Gasteiger charge is 2.18. The van der Waals surface area contributed by atoms with Crippen LogP contribution in [-0.4, -0.2) is 26.9 Å². The molecule has 0 saturated heterocycles. The summed E-state index contributed by atoms with van der Waals surface area (Å²) in [5.41, 5.74) is 11.4.